The Balaban J connectivity index is 2.22. The maximum atomic E-state index is 2.29. The molecule has 0 atom stereocenters. The lowest BCUT2D eigenvalue weighted by molar-refractivity contribution is 1.59. The molecule has 0 aliphatic rings. The van der Waals surface area contributed by atoms with Crippen LogP contribution in [0.25, 0.3) is 21.2 Å². The van der Waals surface area contributed by atoms with E-state index in [2.05, 4.69) is 60.8 Å². The average Bonchev–Trinajstić information content (AvgIpc) is 2.72. The molecule has 0 amide bonds. The minimum Gasteiger partial charge on any atom is -0.144 e. The lowest BCUT2D eigenvalue weighted by Crippen LogP contribution is -1.76. The number of benzene rings is 2. The number of fused-ring (bicyclic) bond motifs is 1. The summed E-state index contributed by atoms with van der Waals surface area (Å²) in [5, 5.41) is 3.60. The molecular weight excluding hydrogens is 212 g/mol. The first kappa shape index (κ1) is 9.61. The van der Waals surface area contributed by atoms with Crippen molar-refractivity contribution in [2.75, 3.05) is 0 Å². The summed E-state index contributed by atoms with van der Waals surface area (Å²) in [5.41, 5.74) is 3.96. The fourth-order valence-corrected chi connectivity index (χ4v) is 2.89. The minimum absolute atomic E-state index is 1.29. The standard InChI is InChI=1S/C15H12S/c1-11-10-16-15-8-7-13(9-14(11)15)12-5-3-2-4-6-12/h2-10H,1H3. The summed E-state index contributed by atoms with van der Waals surface area (Å²) in [6.45, 7) is 2.17. The van der Waals surface area contributed by atoms with Crippen molar-refractivity contribution in [3.05, 3.63) is 59.5 Å². The summed E-state index contributed by atoms with van der Waals surface area (Å²) in [4.78, 5) is 0. The normalized spacial score (nSPS) is 10.8. The van der Waals surface area contributed by atoms with Gasteiger partial charge in [0, 0.05) is 4.70 Å². The van der Waals surface area contributed by atoms with Crippen LogP contribution in [0.5, 0.6) is 0 Å². The smallest absolute Gasteiger partial charge is 0.0345 e. The van der Waals surface area contributed by atoms with Gasteiger partial charge < -0.3 is 0 Å². The molecule has 1 heteroatoms. The molecule has 0 N–H and O–H groups in total. The third-order valence-electron chi connectivity index (χ3n) is 2.87. The minimum atomic E-state index is 1.29. The van der Waals surface area contributed by atoms with Crippen molar-refractivity contribution in [1.82, 2.24) is 0 Å². The fraction of sp³-hybridized carbons (Fsp3) is 0.0667. The molecular formula is C15H12S. The predicted octanol–water partition coefficient (Wildman–Crippen LogP) is 4.88. The van der Waals surface area contributed by atoms with Crippen molar-refractivity contribution in [3.8, 4) is 11.1 Å². The molecule has 0 unspecified atom stereocenters. The second-order valence-corrected chi connectivity index (χ2v) is 4.91. The van der Waals surface area contributed by atoms with Gasteiger partial charge in [-0.25, -0.2) is 0 Å². The Bertz CT molecular complexity index is 620. The van der Waals surface area contributed by atoms with E-state index in [1.54, 1.807) is 0 Å². The average molecular weight is 224 g/mol. The number of rotatable bonds is 1. The first-order chi connectivity index (χ1) is 7.84. The van der Waals surface area contributed by atoms with Gasteiger partial charge in [0.25, 0.3) is 0 Å². The van der Waals surface area contributed by atoms with Crippen LogP contribution in [0.15, 0.2) is 53.9 Å². The molecule has 1 heterocycles. The van der Waals surface area contributed by atoms with Gasteiger partial charge in [-0.15, -0.1) is 11.3 Å². The van der Waals surface area contributed by atoms with E-state index >= 15 is 0 Å². The summed E-state index contributed by atoms with van der Waals surface area (Å²) in [7, 11) is 0. The van der Waals surface area contributed by atoms with E-state index in [1.807, 2.05) is 11.3 Å². The molecule has 0 fully saturated rings. The Labute approximate surface area is 99.2 Å². The van der Waals surface area contributed by atoms with Crippen LogP contribution >= 0.6 is 11.3 Å². The van der Waals surface area contributed by atoms with Crippen LogP contribution in [0.3, 0.4) is 0 Å². The molecule has 78 valence electrons. The van der Waals surface area contributed by atoms with E-state index in [0.29, 0.717) is 0 Å². The van der Waals surface area contributed by atoms with Gasteiger partial charge in [0.05, 0.1) is 0 Å². The van der Waals surface area contributed by atoms with Crippen LogP contribution in [-0.4, -0.2) is 0 Å². The summed E-state index contributed by atoms with van der Waals surface area (Å²) < 4.78 is 1.37. The van der Waals surface area contributed by atoms with Gasteiger partial charge in [-0.2, -0.15) is 0 Å². The largest absolute Gasteiger partial charge is 0.144 e. The molecule has 16 heavy (non-hydrogen) atoms. The van der Waals surface area contributed by atoms with Crippen LogP contribution in [0, 0.1) is 6.92 Å². The zero-order valence-electron chi connectivity index (χ0n) is 9.10. The monoisotopic (exact) mass is 224 g/mol. The highest BCUT2D eigenvalue weighted by Gasteiger charge is 2.02. The summed E-state index contributed by atoms with van der Waals surface area (Å²) in [6, 6.07) is 17.2. The Hall–Kier alpha value is -1.60. The van der Waals surface area contributed by atoms with Gasteiger partial charge in [0.1, 0.15) is 0 Å². The van der Waals surface area contributed by atoms with Crippen molar-refractivity contribution in [2.45, 2.75) is 6.92 Å². The summed E-state index contributed by atoms with van der Waals surface area (Å²) >= 11 is 1.82. The Morgan fingerprint density at radius 3 is 2.50 bits per heavy atom. The van der Waals surface area contributed by atoms with Crippen LogP contribution in [0.1, 0.15) is 5.56 Å². The molecule has 0 saturated carbocycles. The first-order valence-corrected chi connectivity index (χ1v) is 6.26. The van der Waals surface area contributed by atoms with Gasteiger partial charge >= 0.3 is 0 Å². The maximum Gasteiger partial charge on any atom is 0.0345 e. The zero-order valence-corrected chi connectivity index (χ0v) is 9.92. The highest BCUT2D eigenvalue weighted by atomic mass is 32.1. The molecule has 0 radical (unpaired) electrons. The Kier molecular flexibility index (Phi) is 2.26. The molecule has 0 saturated heterocycles. The topological polar surface area (TPSA) is 0 Å². The van der Waals surface area contributed by atoms with Crippen molar-refractivity contribution < 1.29 is 0 Å². The van der Waals surface area contributed by atoms with Crippen LogP contribution in [0.2, 0.25) is 0 Å². The quantitative estimate of drug-likeness (QED) is 0.553. The summed E-state index contributed by atoms with van der Waals surface area (Å²) in [5.74, 6) is 0. The molecule has 3 rings (SSSR count). The predicted molar refractivity (Wildman–Crippen MR) is 72.0 cm³/mol. The van der Waals surface area contributed by atoms with Gasteiger partial charge in [-0.1, -0.05) is 36.4 Å². The third kappa shape index (κ3) is 1.54. The van der Waals surface area contributed by atoms with Crippen LogP contribution < -0.4 is 0 Å². The van der Waals surface area contributed by atoms with Gasteiger partial charge in [-0.3, -0.25) is 0 Å². The summed E-state index contributed by atoms with van der Waals surface area (Å²) in [6.07, 6.45) is 0. The van der Waals surface area contributed by atoms with Crippen LogP contribution in [0.4, 0.5) is 0 Å². The maximum absolute atomic E-state index is 2.29. The van der Waals surface area contributed by atoms with Gasteiger partial charge in [0.2, 0.25) is 0 Å². The molecule has 0 spiro atoms. The Morgan fingerprint density at radius 1 is 0.875 bits per heavy atom. The van der Waals surface area contributed by atoms with E-state index in [9.17, 15) is 0 Å². The van der Waals surface area contributed by atoms with E-state index < -0.39 is 0 Å². The van der Waals surface area contributed by atoms with E-state index in [4.69, 9.17) is 0 Å². The lowest BCUT2D eigenvalue weighted by Gasteiger charge is -2.01. The second kappa shape index (κ2) is 3.76. The SMILES string of the molecule is Cc1csc2ccc(-c3ccccc3)cc12. The van der Waals surface area contributed by atoms with E-state index in [0.717, 1.165) is 0 Å². The van der Waals surface area contributed by atoms with E-state index in [1.165, 1.54) is 26.8 Å². The van der Waals surface area contributed by atoms with Crippen molar-refractivity contribution >= 4 is 21.4 Å². The van der Waals surface area contributed by atoms with Gasteiger partial charge in [-0.05, 0) is 46.5 Å². The van der Waals surface area contributed by atoms with Crippen molar-refractivity contribution in [1.29, 1.82) is 0 Å². The lowest BCUT2D eigenvalue weighted by atomic mass is 10.0. The molecule has 1 aromatic heterocycles. The number of aryl methyl sites for hydroxylation is 1. The third-order valence-corrected chi connectivity index (χ3v) is 3.96. The fourth-order valence-electron chi connectivity index (χ4n) is 1.97. The molecule has 0 nitrogen and oxygen atoms in total. The van der Waals surface area contributed by atoms with Crippen molar-refractivity contribution in [3.63, 3.8) is 0 Å². The highest BCUT2D eigenvalue weighted by Crippen LogP contribution is 2.30. The second-order valence-electron chi connectivity index (χ2n) is 4.00. The molecule has 3 aromatic rings. The molecule has 2 aromatic carbocycles. The van der Waals surface area contributed by atoms with E-state index in [-0.39, 0.29) is 0 Å². The number of hydrogen-bond acceptors (Lipinski definition) is 1. The van der Waals surface area contributed by atoms with Crippen LogP contribution in [-0.2, 0) is 0 Å². The Morgan fingerprint density at radius 2 is 1.69 bits per heavy atom. The number of hydrogen-bond donors (Lipinski definition) is 0. The zero-order chi connectivity index (χ0) is 11.0. The molecule has 0 bridgehead atoms. The highest BCUT2D eigenvalue weighted by molar-refractivity contribution is 7.17. The molecule has 0 aliphatic carbocycles. The number of thiophene rings is 1. The van der Waals surface area contributed by atoms with Gasteiger partial charge in [0.15, 0.2) is 0 Å². The molecule has 0 aliphatic heterocycles. The first-order valence-electron chi connectivity index (χ1n) is 5.38. The van der Waals surface area contributed by atoms with Crippen molar-refractivity contribution in [2.24, 2.45) is 0 Å².